The fourth-order valence-electron chi connectivity index (χ4n) is 4.52. The van der Waals surface area contributed by atoms with Crippen molar-refractivity contribution in [2.75, 3.05) is 13.1 Å². The Bertz CT molecular complexity index is 575. The summed E-state index contributed by atoms with van der Waals surface area (Å²) in [7, 11) is 0. The SMILES string of the molecule is O=C(CCC1CCCCC1)N1CCCC(Cc2nc(C3CC3)no2)C1. The predicted molar refractivity (Wildman–Crippen MR) is 95.1 cm³/mol. The van der Waals surface area contributed by atoms with Gasteiger partial charge in [-0.25, -0.2) is 0 Å². The first-order chi connectivity index (χ1) is 12.3. The van der Waals surface area contributed by atoms with Crippen LogP contribution in [0.2, 0.25) is 0 Å². The summed E-state index contributed by atoms with van der Waals surface area (Å²) < 4.78 is 5.43. The van der Waals surface area contributed by atoms with E-state index < -0.39 is 0 Å². The van der Waals surface area contributed by atoms with Crippen molar-refractivity contribution in [3.63, 3.8) is 0 Å². The lowest BCUT2D eigenvalue weighted by Crippen LogP contribution is -2.40. The molecule has 0 aromatic carbocycles. The zero-order valence-corrected chi connectivity index (χ0v) is 15.3. The Balaban J connectivity index is 1.24. The number of nitrogens with zero attached hydrogens (tertiary/aromatic N) is 3. The molecule has 5 heteroatoms. The van der Waals surface area contributed by atoms with Gasteiger partial charge in [-0.05, 0) is 43.9 Å². The van der Waals surface area contributed by atoms with Gasteiger partial charge < -0.3 is 9.42 Å². The number of piperidine rings is 1. The van der Waals surface area contributed by atoms with Crippen LogP contribution >= 0.6 is 0 Å². The van der Waals surface area contributed by atoms with Gasteiger partial charge in [0, 0.05) is 31.8 Å². The summed E-state index contributed by atoms with van der Waals surface area (Å²) in [6.07, 6.45) is 14.1. The van der Waals surface area contributed by atoms with Crippen LogP contribution in [-0.4, -0.2) is 34.0 Å². The lowest BCUT2D eigenvalue weighted by atomic mass is 9.86. The highest BCUT2D eigenvalue weighted by Gasteiger charge is 2.30. The molecule has 1 aromatic heterocycles. The van der Waals surface area contributed by atoms with E-state index in [0.717, 1.165) is 62.8 Å². The summed E-state index contributed by atoms with van der Waals surface area (Å²) >= 11 is 0. The van der Waals surface area contributed by atoms with Gasteiger partial charge in [0.05, 0.1) is 0 Å². The monoisotopic (exact) mass is 345 g/mol. The molecule has 1 amide bonds. The van der Waals surface area contributed by atoms with Gasteiger partial charge in [-0.15, -0.1) is 0 Å². The Morgan fingerprint density at radius 3 is 2.64 bits per heavy atom. The van der Waals surface area contributed by atoms with Crippen molar-refractivity contribution in [2.24, 2.45) is 11.8 Å². The second-order valence-corrected chi connectivity index (χ2v) is 8.42. The van der Waals surface area contributed by atoms with Crippen molar-refractivity contribution in [1.82, 2.24) is 15.0 Å². The van der Waals surface area contributed by atoms with Gasteiger partial charge in [-0.1, -0.05) is 37.3 Å². The molecule has 1 aromatic rings. The van der Waals surface area contributed by atoms with E-state index in [1.54, 1.807) is 0 Å². The van der Waals surface area contributed by atoms with Crippen molar-refractivity contribution in [3.05, 3.63) is 11.7 Å². The highest BCUT2D eigenvalue weighted by molar-refractivity contribution is 5.76. The van der Waals surface area contributed by atoms with E-state index in [4.69, 9.17) is 4.52 Å². The van der Waals surface area contributed by atoms with Crippen molar-refractivity contribution in [2.45, 2.75) is 83.0 Å². The summed E-state index contributed by atoms with van der Waals surface area (Å²) in [5, 5.41) is 4.11. The molecule has 2 saturated carbocycles. The molecule has 3 fully saturated rings. The molecule has 0 spiro atoms. The molecule has 1 aliphatic heterocycles. The van der Waals surface area contributed by atoms with E-state index >= 15 is 0 Å². The molecule has 1 saturated heterocycles. The van der Waals surface area contributed by atoms with E-state index in [0.29, 0.717) is 17.7 Å². The first-order valence-electron chi connectivity index (χ1n) is 10.4. The molecule has 0 bridgehead atoms. The Hall–Kier alpha value is -1.39. The molecule has 2 aliphatic carbocycles. The quantitative estimate of drug-likeness (QED) is 0.779. The van der Waals surface area contributed by atoms with Crippen LogP contribution in [-0.2, 0) is 11.2 Å². The number of aromatic nitrogens is 2. The van der Waals surface area contributed by atoms with Crippen LogP contribution in [0.15, 0.2) is 4.52 Å². The first kappa shape index (κ1) is 17.0. The van der Waals surface area contributed by atoms with Crippen LogP contribution in [0.25, 0.3) is 0 Å². The average Bonchev–Trinajstić information content (AvgIpc) is 3.40. The number of carbonyl (C=O) groups excluding carboxylic acids is 1. The zero-order valence-electron chi connectivity index (χ0n) is 15.3. The highest BCUT2D eigenvalue weighted by Crippen LogP contribution is 2.38. The average molecular weight is 345 g/mol. The topological polar surface area (TPSA) is 59.2 Å². The third-order valence-corrected chi connectivity index (χ3v) is 6.25. The second kappa shape index (κ2) is 7.88. The Morgan fingerprint density at radius 1 is 1.04 bits per heavy atom. The summed E-state index contributed by atoms with van der Waals surface area (Å²) in [6.45, 7) is 1.79. The molecule has 3 aliphatic rings. The van der Waals surface area contributed by atoms with Crippen molar-refractivity contribution in [3.8, 4) is 0 Å². The molecule has 138 valence electrons. The van der Waals surface area contributed by atoms with Gasteiger partial charge >= 0.3 is 0 Å². The Kier molecular flexibility index (Phi) is 5.37. The van der Waals surface area contributed by atoms with Crippen LogP contribution in [0.3, 0.4) is 0 Å². The van der Waals surface area contributed by atoms with E-state index in [1.807, 2.05) is 0 Å². The normalized spacial score (nSPS) is 25.3. The minimum absolute atomic E-state index is 0.361. The summed E-state index contributed by atoms with van der Waals surface area (Å²) in [5.74, 6) is 3.83. The van der Waals surface area contributed by atoms with Crippen LogP contribution in [0.1, 0.15) is 88.3 Å². The first-order valence-corrected chi connectivity index (χ1v) is 10.4. The molecule has 5 nitrogen and oxygen atoms in total. The van der Waals surface area contributed by atoms with Gasteiger partial charge in [-0.3, -0.25) is 4.79 Å². The molecule has 0 N–H and O–H groups in total. The number of hydrogen-bond donors (Lipinski definition) is 0. The van der Waals surface area contributed by atoms with Crippen molar-refractivity contribution < 1.29 is 9.32 Å². The maximum atomic E-state index is 12.6. The third kappa shape index (κ3) is 4.62. The minimum atomic E-state index is 0.361. The summed E-state index contributed by atoms with van der Waals surface area (Å²) in [6, 6.07) is 0. The number of amides is 1. The maximum Gasteiger partial charge on any atom is 0.226 e. The van der Waals surface area contributed by atoms with E-state index in [9.17, 15) is 4.79 Å². The third-order valence-electron chi connectivity index (χ3n) is 6.25. The lowest BCUT2D eigenvalue weighted by molar-refractivity contribution is -0.133. The van der Waals surface area contributed by atoms with Gasteiger partial charge in [0.25, 0.3) is 0 Å². The standard InChI is InChI=1S/C20H31N3O2/c24-19(11-8-15-5-2-1-3-6-15)23-12-4-7-16(14-23)13-18-21-20(22-25-18)17-9-10-17/h15-17H,1-14H2. The fourth-order valence-corrected chi connectivity index (χ4v) is 4.52. The predicted octanol–water partition coefficient (Wildman–Crippen LogP) is 4.09. The Labute approximate surface area is 150 Å². The number of rotatable bonds is 6. The second-order valence-electron chi connectivity index (χ2n) is 8.42. The highest BCUT2D eigenvalue weighted by atomic mass is 16.5. The van der Waals surface area contributed by atoms with Gasteiger partial charge in [0.1, 0.15) is 0 Å². The van der Waals surface area contributed by atoms with Crippen LogP contribution in [0.5, 0.6) is 0 Å². The molecular formula is C20H31N3O2. The van der Waals surface area contributed by atoms with Crippen molar-refractivity contribution in [1.29, 1.82) is 0 Å². The van der Waals surface area contributed by atoms with Crippen molar-refractivity contribution >= 4 is 5.91 Å². The van der Waals surface area contributed by atoms with Crippen LogP contribution in [0.4, 0.5) is 0 Å². The molecule has 1 unspecified atom stereocenters. The minimum Gasteiger partial charge on any atom is -0.342 e. The molecular weight excluding hydrogens is 314 g/mol. The van der Waals surface area contributed by atoms with Gasteiger partial charge in [0.15, 0.2) is 5.82 Å². The van der Waals surface area contributed by atoms with Gasteiger partial charge in [-0.2, -0.15) is 4.98 Å². The van der Waals surface area contributed by atoms with Crippen LogP contribution < -0.4 is 0 Å². The molecule has 2 heterocycles. The van der Waals surface area contributed by atoms with E-state index in [-0.39, 0.29) is 0 Å². The molecule has 1 atom stereocenters. The van der Waals surface area contributed by atoms with E-state index in [2.05, 4.69) is 15.0 Å². The summed E-state index contributed by atoms with van der Waals surface area (Å²) in [5.41, 5.74) is 0. The van der Waals surface area contributed by atoms with Gasteiger partial charge in [0.2, 0.25) is 11.8 Å². The zero-order chi connectivity index (χ0) is 17.1. The molecule has 4 rings (SSSR count). The molecule has 0 radical (unpaired) electrons. The lowest BCUT2D eigenvalue weighted by Gasteiger charge is -2.33. The largest absolute Gasteiger partial charge is 0.342 e. The Morgan fingerprint density at radius 2 is 1.84 bits per heavy atom. The number of likely N-dealkylation sites (tertiary alicyclic amines) is 1. The molecule has 25 heavy (non-hydrogen) atoms. The van der Waals surface area contributed by atoms with E-state index in [1.165, 1.54) is 44.9 Å². The number of carbonyl (C=O) groups is 1. The maximum absolute atomic E-state index is 12.6. The summed E-state index contributed by atoms with van der Waals surface area (Å²) in [4.78, 5) is 19.3. The smallest absolute Gasteiger partial charge is 0.226 e. The number of hydrogen-bond acceptors (Lipinski definition) is 4. The van der Waals surface area contributed by atoms with Crippen LogP contribution in [0, 0.1) is 11.8 Å². The fraction of sp³-hybridized carbons (Fsp3) is 0.850.